The monoisotopic (exact) mass is 304 g/mol. The molecule has 0 unspecified atom stereocenters. The molecule has 4 nitrogen and oxygen atoms in total. The Morgan fingerprint density at radius 1 is 0.783 bits per heavy atom. The van der Waals surface area contributed by atoms with Crippen molar-refractivity contribution in [2.45, 2.75) is 19.5 Å². The molecule has 0 radical (unpaired) electrons. The first-order valence-corrected chi connectivity index (χ1v) is 7.80. The Kier molecular flexibility index (Phi) is 4.84. The van der Waals surface area contributed by atoms with Gasteiger partial charge in [-0.05, 0) is 17.5 Å². The van der Waals surface area contributed by atoms with Crippen molar-refractivity contribution in [3.63, 3.8) is 0 Å². The third-order valence-electron chi connectivity index (χ3n) is 3.63. The Bertz CT molecular complexity index is 632. The number of nitrogens with zero attached hydrogens (tertiary/aromatic N) is 4. The normalized spacial score (nSPS) is 17.7. The van der Waals surface area contributed by atoms with Gasteiger partial charge in [-0.15, -0.1) is 0 Å². The summed E-state index contributed by atoms with van der Waals surface area (Å²) >= 11 is 0. The van der Waals surface area contributed by atoms with Gasteiger partial charge in [-0.3, -0.25) is 0 Å². The van der Waals surface area contributed by atoms with Crippen LogP contribution in [0.15, 0.2) is 83.3 Å². The Hall–Kier alpha value is -2.88. The van der Waals surface area contributed by atoms with Crippen molar-refractivity contribution >= 4 is 12.4 Å². The minimum atomic E-state index is 0.106. The zero-order valence-corrected chi connectivity index (χ0v) is 13.2. The van der Waals surface area contributed by atoms with E-state index in [0.717, 1.165) is 17.5 Å². The maximum Gasteiger partial charge on any atom is 0.143 e. The zero-order valence-electron chi connectivity index (χ0n) is 13.2. The average molecular weight is 304 g/mol. The average Bonchev–Trinajstić information content (AvgIpc) is 3.02. The third-order valence-corrected chi connectivity index (χ3v) is 3.63. The van der Waals surface area contributed by atoms with E-state index in [9.17, 15) is 0 Å². The topological polar surface area (TPSA) is 31.2 Å². The molecular weight excluding hydrogens is 284 g/mol. The van der Waals surface area contributed by atoms with E-state index in [1.165, 1.54) is 0 Å². The third kappa shape index (κ3) is 3.86. The highest BCUT2D eigenvalue weighted by Crippen LogP contribution is 2.19. The second kappa shape index (κ2) is 7.40. The first kappa shape index (κ1) is 15.0. The number of hydrogen-bond acceptors (Lipinski definition) is 4. The summed E-state index contributed by atoms with van der Waals surface area (Å²) in [5.74, 6) is 0. The highest BCUT2D eigenvalue weighted by atomic mass is 15.6. The zero-order chi connectivity index (χ0) is 15.9. The smallest absolute Gasteiger partial charge is 0.143 e. The maximum absolute atomic E-state index is 4.56. The minimum Gasteiger partial charge on any atom is -0.247 e. The molecule has 0 aliphatic carbocycles. The van der Waals surface area contributed by atoms with Crippen molar-refractivity contribution < 1.29 is 0 Å². The van der Waals surface area contributed by atoms with Gasteiger partial charge in [0.05, 0.1) is 12.4 Å². The molecule has 0 bridgehead atoms. The van der Waals surface area contributed by atoms with E-state index in [4.69, 9.17) is 0 Å². The molecule has 0 spiro atoms. The lowest BCUT2D eigenvalue weighted by molar-refractivity contribution is 0.157. The van der Waals surface area contributed by atoms with Crippen LogP contribution in [0.25, 0.3) is 0 Å². The van der Waals surface area contributed by atoms with E-state index in [1.807, 2.05) is 95.5 Å². The van der Waals surface area contributed by atoms with Gasteiger partial charge in [0.2, 0.25) is 0 Å². The van der Waals surface area contributed by atoms with Gasteiger partial charge in [0.25, 0.3) is 0 Å². The van der Waals surface area contributed by atoms with E-state index in [-0.39, 0.29) is 6.17 Å². The fourth-order valence-corrected chi connectivity index (χ4v) is 2.41. The molecule has 0 atom stereocenters. The van der Waals surface area contributed by atoms with Crippen molar-refractivity contribution in [3.05, 3.63) is 84.2 Å². The number of benzene rings is 2. The van der Waals surface area contributed by atoms with Crippen LogP contribution in [0.4, 0.5) is 0 Å². The summed E-state index contributed by atoms with van der Waals surface area (Å²) in [6, 6.07) is 20.2. The molecule has 0 saturated carbocycles. The Morgan fingerprint density at radius 2 is 1.22 bits per heavy atom. The molecule has 1 heterocycles. The van der Waals surface area contributed by atoms with Crippen LogP contribution in [-0.4, -0.2) is 28.6 Å². The first-order chi connectivity index (χ1) is 11.4. The van der Waals surface area contributed by atoms with Crippen molar-refractivity contribution in [2.75, 3.05) is 0 Å². The largest absolute Gasteiger partial charge is 0.247 e. The maximum atomic E-state index is 4.56. The van der Waals surface area contributed by atoms with Crippen molar-refractivity contribution in [2.24, 2.45) is 10.2 Å². The van der Waals surface area contributed by atoms with Crippen LogP contribution >= 0.6 is 0 Å². The molecular formula is C19H20N4. The van der Waals surface area contributed by atoms with Crippen molar-refractivity contribution in [1.29, 1.82) is 0 Å². The van der Waals surface area contributed by atoms with Crippen molar-refractivity contribution in [1.82, 2.24) is 10.0 Å². The summed E-state index contributed by atoms with van der Waals surface area (Å²) in [7, 11) is 0. The molecule has 0 fully saturated rings. The van der Waals surface area contributed by atoms with E-state index < -0.39 is 0 Å². The molecule has 0 N–H and O–H groups in total. The molecule has 0 saturated heterocycles. The molecule has 116 valence electrons. The number of hydrazone groups is 2. The molecule has 4 heteroatoms. The Morgan fingerprint density at radius 3 is 1.61 bits per heavy atom. The van der Waals surface area contributed by atoms with Gasteiger partial charge in [0.15, 0.2) is 0 Å². The molecule has 3 rings (SSSR count). The van der Waals surface area contributed by atoms with Crippen LogP contribution in [0.5, 0.6) is 0 Å². The molecule has 1 aliphatic rings. The van der Waals surface area contributed by atoms with Crippen LogP contribution in [0, 0.1) is 0 Å². The fraction of sp³-hybridized carbons (Fsp3) is 0.158. The first-order valence-electron chi connectivity index (χ1n) is 7.80. The molecule has 1 aliphatic heterocycles. The van der Waals surface area contributed by atoms with E-state index in [0.29, 0.717) is 0 Å². The second-order valence-corrected chi connectivity index (χ2v) is 5.26. The van der Waals surface area contributed by atoms with Gasteiger partial charge in [-0.25, -0.2) is 10.0 Å². The molecule has 2 aromatic carbocycles. The standard InChI is InChI=1S/C19H20N4/c1-2-19-22(20-15-17-9-5-3-6-10-17)13-14-23(19)21-16-18-11-7-4-8-12-18/h3-16,19H,2H2,1H3. The summed E-state index contributed by atoms with van der Waals surface area (Å²) in [5, 5.41) is 13.0. The predicted octanol–water partition coefficient (Wildman–Crippen LogP) is 3.88. The lowest BCUT2D eigenvalue weighted by Crippen LogP contribution is -2.32. The minimum absolute atomic E-state index is 0.106. The van der Waals surface area contributed by atoms with Gasteiger partial charge in [0, 0.05) is 12.4 Å². The molecule has 23 heavy (non-hydrogen) atoms. The van der Waals surface area contributed by atoms with Crippen LogP contribution in [-0.2, 0) is 0 Å². The Labute approximate surface area is 137 Å². The van der Waals surface area contributed by atoms with Gasteiger partial charge >= 0.3 is 0 Å². The number of rotatable bonds is 5. The highest BCUT2D eigenvalue weighted by molar-refractivity contribution is 5.79. The summed E-state index contributed by atoms with van der Waals surface area (Å²) in [6.07, 6.45) is 8.68. The Balaban J connectivity index is 1.68. The summed E-state index contributed by atoms with van der Waals surface area (Å²) in [6.45, 7) is 2.13. The van der Waals surface area contributed by atoms with Gasteiger partial charge < -0.3 is 0 Å². The summed E-state index contributed by atoms with van der Waals surface area (Å²) < 4.78 is 0. The fourth-order valence-electron chi connectivity index (χ4n) is 2.41. The second-order valence-electron chi connectivity index (χ2n) is 5.26. The molecule has 0 aromatic heterocycles. The van der Waals surface area contributed by atoms with Crippen LogP contribution in [0.1, 0.15) is 24.5 Å². The van der Waals surface area contributed by atoms with Crippen LogP contribution in [0.3, 0.4) is 0 Å². The van der Waals surface area contributed by atoms with E-state index in [2.05, 4.69) is 17.1 Å². The van der Waals surface area contributed by atoms with E-state index in [1.54, 1.807) is 0 Å². The van der Waals surface area contributed by atoms with Gasteiger partial charge in [0.1, 0.15) is 6.17 Å². The van der Waals surface area contributed by atoms with Gasteiger partial charge in [-0.2, -0.15) is 10.2 Å². The summed E-state index contributed by atoms with van der Waals surface area (Å²) in [5.41, 5.74) is 2.17. The summed E-state index contributed by atoms with van der Waals surface area (Å²) in [4.78, 5) is 0. The quantitative estimate of drug-likeness (QED) is 0.785. The lowest BCUT2D eigenvalue weighted by Gasteiger charge is -2.24. The van der Waals surface area contributed by atoms with Crippen LogP contribution < -0.4 is 0 Å². The van der Waals surface area contributed by atoms with Gasteiger partial charge in [-0.1, -0.05) is 67.6 Å². The number of hydrogen-bond donors (Lipinski definition) is 0. The molecule has 0 amide bonds. The SMILES string of the molecule is CCC1N(N=Cc2ccccc2)C=CN1N=Cc1ccccc1. The van der Waals surface area contributed by atoms with Crippen molar-refractivity contribution in [3.8, 4) is 0 Å². The lowest BCUT2D eigenvalue weighted by atomic mass is 10.2. The molecule has 2 aromatic rings. The highest BCUT2D eigenvalue weighted by Gasteiger charge is 2.23. The van der Waals surface area contributed by atoms with E-state index >= 15 is 0 Å². The predicted molar refractivity (Wildman–Crippen MR) is 95.0 cm³/mol. The van der Waals surface area contributed by atoms with Crippen LogP contribution in [0.2, 0.25) is 0 Å².